The second kappa shape index (κ2) is 41.8. The number of carbonyl (C=O) groups excluding carboxylic acids is 1. The van der Waals surface area contributed by atoms with Gasteiger partial charge in [0.15, 0.2) is 12.6 Å². The molecular formula is C59H88ClFO18. The summed E-state index contributed by atoms with van der Waals surface area (Å²) < 4.78 is 60.7. The van der Waals surface area contributed by atoms with Gasteiger partial charge in [-0.3, -0.25) is 9.18 Å². The van der Waals surface area contributed by atoms with E-state index in [9.17, 15) is 14.3 Å². The Bertz CT molecular complexity index is 1960. The summed E-state index contributed by atoms with van der Waals surface area (Å²) in [5.41, 5.74) is 4.57. The first kappa shape index (κ1) is 70.9. The molecule has 0 spiro atoms. The number of hydrogen-bond acceptors (Lipinski definition) is 18. The van der Waals surface area contributed by atoms with E-state index in [1.165, 1.54) is 24.1 Å². The van der Waals surface area contributed by atoms with Crippen molar-refractivity contribution >= 4 is 16.8 Å². The lowest BCUT2D eigenvalue weighted by molar-refractivity contribution is -0.252. The minimum absolute atomic E-state index is 0. The molecule has 8 rings (SSSR count). The van der Waals surface area contributed by atoms with Crippen molar-refractivity contribution in [2.75, 3.05) is 40.2 Å². The van der Waals surface area contributed by atoms with Gasteiger partial charge < -0.3 is 83.9 Å². The highest BCUT2D eigenvalue weighted by Crippen LogP contribution is 2.29. The summed E-state index contributed by atoms with van der Waals surface area (Å²) in [5, 5.41) is 79.7. The van der Waals surface area contributed by atoms with Crippen molar-refractivity contribution in [1.29, 1.82) is 0 Å². The van der Waals surface area contributed by atoms with E-state index in [-0.39, 0.29) is 68.9 Å². The van der Waals surface area contributed by atoms with Crippen molar-refractivity contribution in [2.45, 2.75) is 154 Å². The summed E-state index contributed by atoms with van der Waals surface area (Å²) in [6, 6.07) is 40.6. The molecule has 18 nitrogen and oxygen atoms in total. The summed E-state index contributed by atoms with van der Waals surface area (Å²) in [7, 11) is -1.00. The SMILES string of the molecule is C.C=CCO.CC(=O)Cl.CC1C(O)OC[C@@H](OCc2ccccc2)C1OCc1ccccc1.CC1OC[C@@H](O)C(O)C1O.CC1OC[C@@H](OCc2ccccc2)C(OCc2ccccc2)C1C.OC1OC[C@@H](O)C(O)C1O.[2H]CF. The van der Waals surface area contributed by atoms with E-state index in [1.807, 2.05) is 104 Å². The van der Waals surface area contributed by atoms with Crippen molar-refractivity contribution in [3.8, 4) is 0 Å². The highest BCUT2D eigenvalue weighted by molar-refractivity contribution is 6.62. The zero-order valence-corrected chi connectivity index (χ0v) is 45.9. The molecule has 0 radical (unpaired) electrons. The van der Waals surface area contributed by atoms with Crippen LogP contribution in [-0.4, -0.2) is 177 Å². The predicted octanol–water partition coefficient (Wildman–Crippen LogP) is 5.42. The number of aliphatic hydroxyl groups is 9. The van der Waals surface area contributed by atoms with Gasteiger partial charge in [0.1, 0.15) is 48.8 Å². The third-order valence-corrected chi connectivity index (χ3v) is 12.5. The van der Waals surface area contributed by atoms with Crippen LogP contribution >= 0.6 is 11.6 Å². The van der Waals surface area contributed by atoms with Crippen molar-refractivity contribution in [2.24, 2.45) is 11.8 Å². The third-order valence-electron chi connectivity index (χ3n) is 12.5. The smallest absolute Gasteiger partial charge is 0.218 e. The van der Waals surface area contributed by atoms with Gasteiger partial charge in [-0.1, -0.05) is 149 Å². The van der Waals surface area contributed by atoms with Gasteiger partial charge in [-0.2, -0.15) is 0 Å². The van der Waals surface area contributed by atoms with Crippen molar-refractivity contribution in [3.05, 3.63) is 156 Å². The van der Waals surface area contributed by atoms with E-state index in [4.69, 9.17) is 75.4 Å². The maximum Gasteiger partial charge on any atom is 0.218 e. The summed E-state index contributed by atoms with van der Waals surface area (Å²) in [5.74, 6) is 0.145. The molecular weight excluding hydrogens is 1050 g/mol. The Kier molecular flexibility index (Phi) is 37.5. The average molecular weight is 1140 g/mol. The fourth-order valence-electron chi connectivity index (χ4n) is 7.68. The Morgan fingerprint density at radius 3 is 1.22 bits per heavy atom. The van der Waals surface area contributed by atoms with Gasteiger partial charge in [0.05, 0.1) is 92.4 Å². The van der Waals surface area contributed by atoms with E-state index in [0.717, 1.165) is 11.1 Å². The van der Waals surface area contributed by atoms with Crippen LogP contribution in [0.4, 0.5) is 4.39 Å². The zero-order valence-electron chi connectivity index (χ0n) is 46.1. The highest BCUT2D eigenvalue weighted by Gasteiger charge is 2.40. The number of hydrogen-bond donors (Lipinski definition) is 9. The van der Waals surface area contributed by atoms with Gasteiger partial charge in [-0.15, -0.1) is 6.58 Å². The van der Waals surface area contributed by atoms with Gasteiger partial charge >= 0.3 is 0 Å². The number of aliphatic hydroxyl groups excluding tert-OH is 9. The first-order valence-electron chi connectivity index (χ1n) is 26.3. The quantitative estimate of drug-likeness (QED) is 0.0598. The van der Waals surface area contributed by atoms with Gasteiger partial charge in [0.25, 0.3) is 0 Å². The summed E-state index contributed by atoms with van der Waals surface area (Å²) in [6.45, 7) is 15.5. The topological polar surface area (TPSA) is 273 Å². The van der Waals surface area contributed by atoms with E-state index in [2.05, 4.69) is 61.0 Å². The van der Waals surface area contributed by atoms with Gasteiger partial charge in [-0.05, 0) is 47.7 Å². The second-order valence-electron chi connectivity index (χ2n) is 18.5. The molecule has 4 heterocycles. The summed E-state index contributed by atoms with van der Waals surface area (Å²) in [6.07, 6.45) is -8.23. The lowest BCUT2D eigenvalue weighted by atomic mass is 9.92. The predicted molar refractivity (Wildman–Crippen MR) is 297 cm³/mol. The van der Waals surface area contributed by atoms with Crippen LogP contribution in [-0.2, 0) is 69.1 Å². The molecule has 4 aromatic rings. The molecule has 0 saturated carbocycles. The van der Waals surface area contributed by atoms with Crippen LogP contribution < -0.4 is 0 Å². The van der Waals surface area contributed by atoms with Gasteiger partial charge in [-0.25, -0.2) is 0 Å². The minimum atomic E-state index is -1.41. The molecule has 446 valence electrons. The molecule has 79 heavy (non-hydrogen) atoms. The Balaban J connectivity index is 0.000000528. The molecule has 16 atom stereocenters. The largest absolute Gasteiger partial charge is 0.392 e. The lowest BCUT2D eigenvalue weighted by Gasteiger charge is -2.39. The number of ether oxygens (including phenoxy) is 8. The monoisotopic (exact) mass is 1140 g/mol. The van der Waals surface area contributed by atoms with E-state index in [1.54, 1.807) is 6.92 Å². The first-order valence-corrected chi connectivity index (χ1v) is 25.9. The molecule has 0 aliphatic carbocycles. The molecule has 12 unspecified atom stereocenters. The molecule has 20 heteroatoms. The maximum atomic E-state index is 9.99. The number of benzene rings is 4. The Morgan fingerprint density at radius 2 is 0.861 bits per heavy atom. The van der Waals surface area contributed by atoms with Crippen LogP contribution in [0.3, 0.4) is 0 Å². The normalized spacial score (nSPS) is 29.8. The van der Waals surface area contributed by atoms with Crippen LogP contribution in [0.5, 0.6) is 0 Å². The fourth-order valence-corrected chi connectivity index (χ4v) is 7.68. The standard InChI is InChI=1S/C21H26O3.C20H24O4.C6H12O4.C5H10O5.C3H6O.C2H3ClO.CH3F.CH4/c1-16-17(2)22-15-20(23-13-18-9-5-3-6-10-18)21(16)24-14-19-11-7-4-8-12-19;1-15-19(23-13-17-10-6-3-7-11-17)18(14-24-20(15)21)22-12-16-8-4-2-5-9-16;1-3-5(8)6(9)4(7)2-10-3;6-2-1-10-5(9)4(8)3(2)7;1-2-3-4;1-2(3)4;1-2;/h3-12,16-17,20-21H,13-15H2,1-2H3;2-11,15,18-21H,12-14H2,1H3;3-9H,2H2,1H3;2-9H,1H2;2,4H,1,3H2;1H3;1H3;1H4/t16?,17?,20-,21?;15?,18-,19?,20?;3?,4-,5?,6?;2-,3?,4?,5?;;;;/m1111..../s1/i;;;;;;1D;. The molecule has 0 bridgehead atoms. The van der Waals surface area contributed by atoms with Crippen LogP contribution in [0.15, 0.2) is 134 Å². The maximum absolute atomic E-state index is 9.99. The molecule has 4 aliphatic heterocycles. The Morgan fingerprint density at radius 1 is 0.557 bits per heavy atom. The van der Waals surface area contributed by atoms with Gasteiger partial charge in [0.2, 0.25) is 5.24 Å². The number of rotatable bonds is 13. The van der Waals surface area contributed by atoms with Crippen LogP contribution in [0.25, 0.3) is 0 Å². The van der Waals surface area contributed by atoms with Crippen molar-refractivity contribution in [3.63, 3.8) is 0 Å². The Labute approximate surface area is 472 Å². The second-order valence-corrected chi connectivity index (χ2v) is 19.0. The number of alkyl halides is 1. The van der Waals surface area contributed by atoms with E-state index < -0.39 is 62.5 Å². The fraction of sp³-hybridized carbons (Fsp3) is 0.542. The van der Waals surface area contributed by atoms with Crippen LogP contribution in [0.2, 0.25) is 0 Å². The van der Waals surface area contributed by atoms with Gasteiger partial charge in [0, 0.05) is 18.8 Å². The molecule has 4 aliphatic rings. The van der Waals surface area contributed by atoms with Crippen LogP contribution in [0.1, 0.15) is 65.7 Å². The minimum Gasteiger partial charge on any atom is -0.392 e. The first-order chi connectivity index (χ1) is 37.8. The van der Waals surface area contributed by atoms with E-state index >= 15 is 0 Å². The van der Waals surface area contributed by atoms with Crippen molar-refractivity contribution in [1.82, 2.24) is 0 Å². The molecule has 4 aromatic carbocycles. The summed E-state index contributed by atoms with van der Waals surface area (Å²) >= 11 is 4.64. The molecule has 0 amide bonds. The molecule has 4 saturated heterocycles. The highest BCUT2D eigenvalue weighted by atomic mass is 35.5. The molecule has 9 N–H and O–H groups in total. The average Bonchev–Trinajstić information content (AvgIpc) is 3.46. The zero-order chi connectivity index (χ0) is 58.7. The van der Waals surface area contributed by atoms with E-state index in [0.29, 0.717) is 45.6 Å². The third kappa shape index (κ3) is 27.9. The van der Waals surface area contributed by atoms with Crippen LogP contribution in [0, 0.1) is 11.8 Å². The molecule has 4 fully saturated rings. The number of halogens is 2. The summed E-state index contributed by atoms with van der Waals surface area (Å²) in [4.78, 5) is 9.21. The Hall–Kier alpha value is -4.17. The molecule has 0 aromatic heterocycles. The lowest BCUT2D eigenvalue weighted by Crippen LogP contribution is -2.52. The van der Waals surface area contributed by atoms with Crippen molar-refractivity contribution < 1.29 is 94.4 Å². The number of carbonyl (C=O) groups is 1.